The molecule has 2 aliphatic rings. The molecule has 0 bridgehead atoms. The molecule has 0 radical (unpaired) electrons. The van der Waals surface area contributed by atoms with Gasteiger partial charge in [-0.1, -0.05) is 11.2 Å². The van der Waals surface area contributed by atoms with Gasteiger partial charge >= 0.3 is 0 Å². The lowest BCUT2D eigenvalue weighted by molar-refractivity contribution is -0.119. The number of benzene rings is 2. The van der Waals surface area contributed by atoms with E-state index in [-0.39, 0.29) is 17.7 Å². The number of ether oxygens (including phenoxy) is 2. The molecule has 8 nitrogen and oxygen atoms in total. The first-order valence-corrected chi connectivity index (χ1v) is 12.2. The topological polar surface area (TPSA) is 89.7 Å². The number of aromatic nitrogens is 2. The molecule has 8 heteroatoms. The van der Waals surface area contributed by atoms with Crippen molar-refractivity contribution in [1.82, 2.24) is 15.5 Å². The lowest BCUT2D eigenvalue weighted by atomic mass is 9.89. The molecule has 2 saturated heterocycles. The molecule has 5 rings (SSSR count). The minimum atomic E-state index is 0.147. The number of nitrogens with one attached hydrogen (secondary N) is 1. The molecule has 3 aromatic rings. The van der Waals surface area contributed by atoms with Crippen LogP contribution in [0.5, 0.6) is 11.5 Å². The fourth-order valence-corrected chi connectivity index (χ4v) is 5.30. The SMILES string of the molecule is COc1ccc(-c2noc(C3CCN(c4ccc(C5CNC(=O)C5)c(C)c4C)CC3)n2)cc1OC. The molecule has 1 aromatic heterocycles. The van der Waals surface area contributed by atoms with E-state index in [4.69, 9.17) is 19.0 Å². The number of hydrogen-bond donors (Lipinski definition) is 1. The number of rotatable bonds is 6. The molecule has 0 saturated carbocycles. The van der Waals surface area contributed by atoms with Gasteiger partial charge in [-0.3, -0.25) is 4.79 Å². The van der Waals surface area contributed by atoms with E-state index in [1.165, 1.54) is 22.4 Å². The van der Waals surface area contributed by atoms with Crippen LogP contribution in [0.3, 0.4) is 0 Å². The average Bonchev–Trinajstić information content (AvgIpc) is 3.55. The maximum absolute atomic E-state index is 11.7. The normalized spacial score (nSPS) is 18.6. The molecule has 1 N–H and O–H groups in total. The van der Waals surface area contributed by atoms with Gasteiger partial charge in [-0.25, -0.2) is 0 Å². The maximum Gasteiger partial charge on any atom is 0.230 e. The molecule has 1 atom stereocenters. The van der Waals surface area contributed by atoms with E-state index in [9.17, 15) is 4.79 Å². The molecule has 0 aliphatic carbocycles. The van der Waals surface area contributed by atoms with Gasteiger partial charge in [0.25, 0.3) is 0 Å². The lowest BCUT2D eigenvalue weighted by Crippen LogP contribution is -2.33. The summed E-state index contributed by atoms with van der Waals surface area (Å²) in [4.78, 5) is 18.8. The highest BCUT2D eigenvalue weighted by Crippen LogP contribution is 2.37. The number of amides is 1. The summed E-state index contributed by atoms with van der Waals surface area (Å²) in [7, 11) is 3.23. The number of piperidine rings is 1. The van der Waals surface area contributed by atoms with Crippen LogP contribution < -0.4 is 19.7 Å². The summed E-state index contributed by atoms with van der Waals surface area (Å²) in [5.74, 6) is 3.22. The van der Waals surface area contributed by atoms with E-state index >= 15 is 0 Å². The van der Waals surface area contributed by atoms with Gasteiger partial charge < -0.3 is 24.2 Å². The molecule has 35 heavy (non-hydrogen) atoms. The van der Waals surface area contributed by atoms with Crippen LogP contribution in [0.2, 0.25) is 0 Å². The molecule has 0 spiro atoms. The minimum absolute atomic E-state index is 0.147. The second-order valence-electron chi connectivity index (χ2n) is 9.42. The first-order chi connectivity index (χ1) is 17.0. The van der Waals surface area contributed by atoms with E-state index in [0.29, 0.717) is 29.6 Å². The average molecular weight is 477 g/mol. The van der Waals surface area contributed by atoms with E-state index in [1.807, 2.05) is 18.2 Å². The summed E-state index contributed by atoms with van der Waals surface area (Å²) in [5, 5.41) is 7.18. The summed E-state index contributed by atoms with van der Waals surface area (Å²) in [6, 6.07) is 10.1. The number of carbonyl (C=O) groups excluding carboxylic acids is 1. The van der Waals surface area contributed by atoms with Crippen molar-refractivity contribution in [2.75, 3.05) is 38.8 Å². The molecule has 3 heterocycles. The van der Waals surface area contributed by atoms with Crippen LogP contribution >= 0.6 is 0 Å². The zero-order valence-electron chi connectivity index (χ0n) is 20.8. The Morgan fingerprint density at radius 1 is 1.00 bits per heavy atom. The van der Waals surface area contributed by atoms with Crippen LogP contribution in [0.4, 0.5) is 5.69 Å². The monoisotopic (exact) mass is 476 g/mol. The smallest absolute Gasteiger partial charge is 0.230 e. The Bertz CT molecular complexity index is 1230. The quantitative estimate of drug-likeness (QED) is 0.565. The van der Waals surface area contributed by atoms with E-state index < -0.39 is 0 Å². The van der Waals surface area contributed by atoms with E-state index in [2.05, 4.69) is 41.4 Å². The van der Waals surface area contributed by atoms with Crippen LogP contribution in [0.1, 0.15) is 53.7 Å². The van der Waals surface area contributed by atoms with Crippen LogP contribution in [0, 0.1) is 13.8 Å². The fraction of sp³-hybridized carbons (Fsp3) is 0.444. The Morgan fingerprint density at radius 3 is 2.46 bits per heavy atom. The third kappa shape index (κ3) is 4.45. The standard InChI is InChI=1S/C27H32N4O4/c1-16-17(2)22(7-6-21(16)20-14-25(32)28-15-20)31-11-9-18(10-12-31)27-29-26(30-35-27)19-5-8-23(33-3)24(13-19)34-4/h5-8,13,18,20H,9-12,14-15H2,1-4H3,(H,28,32). The second kappa shape index (κ2) is 9.60. The number of anilines is 1. The molecule has 2 aromatic carbocycles. The van der Waals surface area contributed by atoms with Crippen molar-refractivity contribution in [2.24, 2.45) is 0 Å². The van der Waals surface area contributed by atoms with Crippen LogP contribution in [-0.4, -0.2) is 49.9 Å². The van der Waals surface area contributed by atoms with Gasteiger partial charge in [0.2, 0.25) is 17.6 Å². The third-order valence-electron chi connectivity index (χ3n) is 7.49. The van der Waals surface area contributed by atoms with Gasteiger partial charge in [0.15, 0.2) is 11.5 Å². The Morgan fingerprint density at radius 2 is 1.77 bits per heavy atom. The van der Waals surface area contributed by atoms with Crippen molar-refractivity contribution >= 4 is 11.6 Å². The minimum Gasteiger partial charge on any atom is -0.493 e. The largest absolute Gasteiger partial charge is 0.493 e. The van der Waals surface area contributed by atoms with Crippen molar-refractivity contribution in [2.45, 2.75) is 44.9 Å². The number of carbonyl (C=O) groups is 1. The predicted octanol–water partition coefficient (Wildman–Crippen LogP) is 4.36. The molecule has 2 aliphatic heterocycles. The van der Waals surface area contributed by atoms with Crippen LogP contribution in [-0.2, 0) is 4.79 Å². The van der Waals surface area contributed by atoms with Gasteiger partial charge in [0.05, 0.1) is 14.2 Å². The van der Waals surface area contributed by atoms with Crippen molar-refractivity contribution in [3.8, 4) is 22.9 Å². The van der Waals surface area contributed by atoms with Crippen molar-refractivity contribution < 1.29 is 18.8 Å². The summed E-state index contributed by atoms with van der Waals surface area (Å²) >= 11 is 0. The van der Waals surface area contributed by atoms with E-state index in [1.54, 1.807) is 14.2 Å². The first kappa shape index (κ1) is 23.2. The van der Waals surface area contributed by atoms with Crippen molar-refractivity contribution in [1.29, 1.82) is 0 Å². The molecule has 1 unspecified atom stereocenters. The Kier molecular flexibility index (Phi) is 6.36. The van der Waals surface area contributed by atoms with Crippen molar-refractivity contribution in [3.05, 3.63) is 52.9 Å². The Labute approximate surface area is 205 Å². The van der Waals surface area contributed by atoms with Gasteiger partial charge in [-0.05, 0) is 67.6 Å². The maximum atomic E-state index is 11.7. The van der Waals surface area contributed by atoms with Crippen LogP contribution in [0.25, 0.3) is 11.4 Å². The predicted molar refractivity (Wildman–Crippen MR) is 133 cm³/mol. The summed E-state index contributed by atoms with van der Waals surface area (Å²) in [6.45, 7) is 6.97. The molecular formula is C27H32N4O4. The molecular weight excluding hydrogens is 444 g/mol. The Balaban J connectivity index is 1.26. The van der Waals surface area contributed by atoms with Crippen LogP contribution in [0.15, 0.2) is 34.9 Å². The molecule has 184 valence electrons. The zero-order chi connectivity index (χ0) is 24.5. The second-order valence-corrected chi connectivity index (χ2v) is 9.42. The molecule has 1 amide bonds. The van der Waals surface area contributed by atoms with E-state index in [0.717, 1.165) is 38.0 Å². The highest BCUT2D eigenvalue weighted by Gasteiger charge is 2.29. The lowest BCUT2D eigenvalue weighted by Gasteiger charge is -2.34. The van der Waals surface area contributed by atoms with Gasteiger partial charge in [0.1, 0.15) is 0 Å². The van der Waals surface area contributed by atoms with Gasteiger partial charge in [0, 0.05) is 49.1 Å². The first-order valence-electron chi connectivity index (χ1n) is 12.2. The summed E-state index contributed by atoms with van der Waals surface area (Å²) < 4.78 is 16.4. The molecule has 2 fully saturated rings. The number of hydrogen-bond acceptors (Lipinski definition) is 7. The summed E-state index contributed by atoms with van der Waals surface area (Å²) in [6.07, 6.45) is 2.49. The van der Waals surface area contributed by atoms with Gasteiger partial charge in [-0.2, -0.15) is 4.98 Å². The number of methoxy groups -OCH3 is 2. The van der Waals surface area contributed by atoms with Crippen molar-refractivity contribution in [3.63, 3.8) is 0 Å². The van der Waals surface area contributed by atoms with Gasteiger partial charge in [-0.15, -0.1) is 0 Å². The Hall–Kier alpha value is -3.55. The zero-order valence-corrected chi connectivity index (χ0v) is 20.8. The fourth-order valence-electron chi connectivity index (χ4n) is 5.30. The highest BCUT2D eigenvalue weighted by atomic mass is 16.5. The number of nitrogens with zero attached hydrogens (tertiary/aromatic N) is 3. The summed E-state index contributed by atoms with van der Waals surface area (Å²) in [5.41, 5.74) is 5.99. The third-order valence-corrected chi connectivity index (χ3v) is 7.49. The highest BCUT2D eigenvalue weighted by molar-refractivity contribution is 5.79.